The summed E-state index contributed by atoms with van der Waals surface area (Å²) in [5, 5.41) is 11.8. The van der Waals surface area contributed by atoms with E-state index < -0.39 is 5.54 Å². The number of thioether (sulfide) groups is 1. The summed E-state index contributed by atoms with van der Waals surface area (Å²) < 4.78 is 6.79. The molecule has 1 aliphatic carbocycles. The molecule has 1 atom stereocenters. The number of carbonyl (C=O) groups is 1. The third-order valence-corrected chi connectivity index (χ3v) is 4.60. The summed E-state index contributed by atoms with van der Waals surface area (Å²) in [6, 6.07) is 0. The Kier molecular flexibility index (Phi) is 3.91. The van der Waals surface area contributed by atoms with Crippen LogP contribution < -0.4 is 5.32 Å². The van der Waals surface area contributed by atoms with Gasteiger partial charge in [0, 0.05) is 12.8 Å². The number of carbonyl (C=O) groups excluding carboxylic acids is 1. The van der Waals surface area contributed by atoms with E-state index in [1.165, 1.54) is 18.9 Å². The summed E-state index contributed by atoms with van der Waals surface area (Å²) >= 11 is 1.52. The van der Waals surface area contributed by atoms with Crippen molar-refractivity contribution in [2.75, 3.05) is 19.9 Å². The molecule has 1 aliphatic rings. The molecule has 0 spiro atoms. The maximum atomic E-state index is 12.1. The minimum atomic E-state index is -0.606. The molecular formula is C11H18N4O2S. The lowest BCUT2D eigenvalue weighted by atomic mass is 9.96. The Morgan fingerprint density at radius 2 is 2.44 bits per heavy atom. The fourth-order valence-electron chi connectivity index (χ4n) is 2.06. The van der Waals surface area contributed by atoms with Crippen LogP contribution in [0.4, 0.5) is 0 Å². The number of methoxy groups -OCH3 is 1. The van der Waals surface area contributed by atoms with Crippen molar-refractivity contribution in [3.63, 3.8) is 0 Å². The first-order valence-corrected chi connectivity index (χ1v) is 6.86. The third-order valence-electron chi connectivity index (χ3n) is 3.37. The van der Waals surface area contributed by atoms with Gasteiger partial charge in [0.1, 0.15) is 11.9 Å². The van der Waals surface area contributed by atoms with E-state index in [0.29, 0.717) is 11.7 Å². The number of esters is 1. The van der Waals surface area contributed by atoms with Crippen molar-refractivity contribution in [2.45, 2.75) is 23.5 Å². The van der Waals surface area contributed by atoms with Crippen molar-refractivity contribution < 1.29 is 9.53 Å². The fraction of sp³-hybridized carbons (Fsp3) is 0.727. The largest absolute Gasteiger partial charge is 0.468 e. The lowest BCUT2D eigenvalue weighted by Gasteiger charge is -2.30. The van der Waals surface area contributed by atoms with Gasteiger partial charge in [0.15, 0.2) is 5.16 Å². The van der Waals surface area contributed by atoms with Gasteiger partial charge in [-0.15, -0.1) is 10.2 Å². The average Bonchev–Trinajstić information content (AvgIpc) is 3.15. The Labute approximate surface area is 110 Å². The van der Waals surface area contributed by atoms with E-state index in [1.807, 2.05) is 18.7 Å². The number of hydrogen-bond donors (Lipinski definition) is 1. The van der Waals surface area contributed by atoms with E-state index in [-0.39, 0.29) is 5.97 Å². The van der Waals surface area contributed by atoms with E-state index in [2.05, 4.69) is 15.5 Å². The molecule has 7 heteroatoms. The highest BCUT2D eigenvalue weighted by atomic mass is 32.2. The van der Waals surface area contributed by atoms with Crippen LogP contribution in [0.2, 0.25) is 0 Å². The molecule has 1 aromatic heterocycles. The average molecular weight is 270 g/mol. The number of aromatic nitrogens is 3. The van der Waals surface area contributed by atoms with Crippen LogP contribution in [-0.4, -0.2) is 46.2 Å². The molecule has 0 amide bonds. The summed E-state index contributed by atoms with van der Waals surface area (Å²) in [4.78, 5) is 12.1. The maximum Gasteiger partial charge on any atom is 0.327 e. The highest BCUT2D eigenvalue weighted by molar-refractivity contribution is 7.99. The molecule has 1 unspecified atom stereocenters. The minimum absolute atomic E-state index is 0.192. The number of nitrogens with zero attached hydrogens (tertiary/aromatic N) is 3. The fourth-order valence-corrected chi connectivity index (χ4v) is 3.27. The van der Waals surface area contributed by atoms with Crippen molar-refractivity contribution in [1.29, 1.82) is 0 Å². The van der Waals surface area contributed by atoms with Crippen LogP contribution in [0.25, 0.3) is 0 Å². The van der Waals surface area contributed by atoms with Crippen molar-refractivity contribution in [3.05, 3.63) is 6.33 Å². The molecule has 100 valence electrons. The van der Waals surface area contributed by atoms with Gasteiger partial charge in [-0.1, -0.05) is 11.8 Å². The first kappa shape index (κ1) is 13.4. The molecule has 0 saturated heterocycles. The smallest absolute Gasteiger partial charge is 0.327 e. The van der Waals surface area contributed by atoms with E-state index in [1.54, 1.807) is 6.33 Å². The molecule has 0 aliphatic heterocycles. The molecule has 1 saturated carbocycles. The first-order chi connectivity index (χ1) is 8.64. The van der Waals surface area contributed by atoms with Crippen molar-refractivity contribution in [3.8, 4) is 0 Å². The van der Waals surface area contributed by atoms with Gasteiger partial charge in [0.25, 0.3) is 0 Å². The second kappa shape index (κ2) is 5.27. The Morgan fingerprint density at radius 1 is 1.72 bits per heavy atom. The number of hydrogen-bond acceptors (Lipinski definition) is 6. The van der Waals surface area contributed by atoms with Gasteiger partial charge in [0.05, 0.1) is 7.11 Å². The summed E-state index contributed by atoms with van der Waals surface area (Å²) in [5.74, 6) is 0.769. The molecule has 1 N–H and O–H groups in total. The van der Waals surface area contributed by atoms with Crippen LogP contribution in [-0.2, 0) is 16.6 Å². The van der Waals surface area contributed by atoms with Crippen LogP contribution in [0.3, 0.4) is 0 Å². The SMILES string of the molecule is CNC(CSc1nncn1C)(C(=O)OC)C1CC1. The van der Waals surface area contributed by atoms with Crippen molar-refractivity contribution >= 4 is 17.7 Å². The molecule has 1 heterocycles. The second-order valence-corrected chi connectivity index (χ2v) is 5.44. The summed E-state index contributed by atoms with van der Waals surface area (Å²) in [7, 11) is 5.13. The number of rotatable bonds is 6. The van der Waals surface area contributed by atoms with Gasteiger partial charge >= 0.3 is 5.97 Å². The summed E-state index contributed by atoms with van der Waals surface area (Å²) in [6.45, 7) is 0. The molecule has 1 fully saturated rings. The standard InChI is InChI=1S/C11H18N4O2S/c1-12-11(8-4-5-8,9(16)17-3)6-18-10-14-13-7-15(10)2/h7-8,12H,4-6H2,1-3H3. The zero-order valence-corrected chi connectivity index (χ0v) is 11.7. The van der Waals surface area contributed by atoms with Crippen molar-refractivity contribution in [2.24, 2.45) is 13.0 Å². The Bertz CT molecular complexity index is 432. The molecular weight excluding hydrogens is 252 g/mol. The highest BCUT2D eigenvalue weighted by Crippen LogP contribution is 2.42. The normalized spacial score (nSPS) is 18.4. The maximum absolute atomic E-state index is 12.1. The van der Waals surface area contributed by atoms with Gasteiger partial charge in [-0.2, -0.15) is 0 Å². The van der Waals surface area contributed by atoms with Crippen LogP contribution in [0.5, 0.6) is 0 Å². The summed E-state index contributed by atoms with van der Waals surface area (Å²) in [5.41, 5.74) is -0.606. The zero-order valence-electron chi connectivity index (χ0n) is 10.8. The van der Waals surface area contributed by atoms with Crippen LogP contribution in [0.15, 0.2) is 11.5 Å². The molecule has 2 rings (SSSR count). The highest BCUT2D eigenvalue weighted by Gasteiger charge is 2.51. The monoisotopic (exact) mass is 270 g/mol. The van der Waals surface area contributed by atoms with Crippen LogP contribution >= 0.6 is 11.8 Å². The van der Waals surface area contributed by atoms with E-state index in [4.69, 9.17) is 4.74 Å². The Hall–Kier alpha value is -1.08. The quantitative estimate of drug-likeness (QED) is 0.598. The van der Waals surface area contributed by atoms with E-state index in [9.17, 15) is 4.79 Å². The van der Waals surface area contributed by atoms with Gasteiger partial charge in [0.2, 0.25) is 0 Å². The van der Waals surface area contributed by atoms with E-state index in [0.717, 1.165) is 18.0 Å². The number of ether oxygens (including phenoxy) is 1. The second-order valence-electron chi connectivity index (χ2n) is 4.50. The number of likely N-dealkylation sites (N-methyl/N-ethyl adjacent to an activating group) is 1. The predicted octanol–water partition coefficient (Wildman–Crippen LogP) is 0.448. The Balaban J connectivity index is 2.10. The number of nitrogens with one attached hydrogen (secondary N) is 1. The van der Waals surface area contributed by atoms with Gasteiger partial charge in [-0.3, -0.25) is 4.79 Å². The van der Waals surface area contributed by atoms with Gasteiger partial charge in [-0.05, 0) is 25.8 Å². The Morgan fingerprint density at radius 3 is 2.89 bits per heavy atom. The molecule has 0 aromatic carbocycles. The first-order valence-electron chi connectivity index (χ1n) is 5.88. The summed E-state index contributed by atoms with van der Waals surface area (Å²) in [6.07, 6.45) is 3.78. The molecule has 0 radical (unpaired) electrons. The molecule has 1 aromatic rings. The van der Waals surface area contributed by atoms with Crippen molar-refractivity contribution in [1.82, 2.24) is 20.1 Å². The molecule has 18 heavy (non-hydrogen) atoms. The predicted molar refractivity (Wildman–Crippen MR) is 68.3 cm³/mol. The van der Waals surface area contributed by atoms with Gasteiger partial charge < -0.3 is 14.6 Å². The molecule has 0 bridgehead atoms. The van der Waals surface area contributed by atoms with Crippen LogP contribution in [0, 0.1) is 5.92 Å². The molecule has 6 nitrogen and oxygen atoms in total. The topological polar surface area (TPSA) is 69.0 Å². The number of aryl methyl sites for hydroxylation is 1. The van der Waals surface area contributed by atoms with Crippen LogP contribution in [0.1, 0.15) is 12.8 Å². The van der Waals surface area contributed by atoms with E-state index >= 15 is 0 Å². The third kappa shape index (κ3) is 2.37. The lowest BCUT2D eigenvalue weighted by molar-refractivity contribution is -0.148. The zero-order chi connectivity index (χ0) is 13.2. The minimum Gasteiger partial charge on any atom is -0.468 e. The van der Waals surface area contributed by atoms with Gasteiger partial charge in [-0.25, -0.2) is 0 Å². The lowest BCUT2D eigenvalue weighted by Crippen LogP contribution is -2.55.